The first kappa shape index (κ1) is 37.9. The van der Waals surface area contributed by atoms with Crippen LogP contribution in [0.5, 0.6) is 0 Å². The van der Waals surface area contributed by atoms with Crippen molar-refractivity contribution in [3.63, 3.8) is 0 Å². The first-order chi connectivity index (χ1) is 24.3. The van der Waals surface area contributed by atoms with E-state index in [1.165, 1.54) is 87.6 Å². The Bertz CT molecular complexity index is 1560. The first-order valence-corrected chi connectivity index (χ1v) is 20.4. The molecule has 0 aliphatic heterocycles. The molecule has 0 bridgehead atoms. The third-order valence-electron chi connectivity index (χ3n) is 16.1. The number of aromatic carboxylic acids is 1. The molecule has 0 aromatic heterocycles. The van der Waals surface area contributed by atoms with Gasteiger partial charge in [-0.05, 0) is 164 Å². The van der Waals surface area contributed by atoms with Gasteiger partial charge in [-0.25, -0.2) is 4.79 Å². The lowest BCUT2D eigenvalue weighted by molar-refractivity contribution is -0.222. The quantitative estimate of drug-likeness (QED) is 0.203. The van der Waals surface area contributed by atoms with Gasteiger partial charge in [0.25, 0.3) is 0 Å². The van der Waals surface area contributed by atoms with E-state index < -0.39 is 5.97 Å². The van der Waals surface area contributed by atoms with Crippen LogP contribution in [0, 0.1) is 50.7 Å². The molecular formula is C47H68N2O2. The van der Waals surface area contributed by atoms with Gasteiger partial charge in [0.05, 0.1) is 5.56 Å². The van der Waals surface area contributed by atoms with E-state index in [4.69, 9.17) is 0 Å². The van der Waals surface area contributed by atoms with Crippen LogP contribution in [0.25, 0.3) is 5.57 Å². The number of nitrogens with zero attached hydrogens (tertiary/aromatic N) is 1. The molecule has 2 N–H and O–H groups in total. The minimum absolute atomic E-state index is 0.0611. The van der Waals surface area contributed by atoms with Crippen molar-refractivity contribution in [3.8, 4) is 0 Å². The molecule has 4 fully saturated rings. The Labute approximate surface area is 310 Å². The van der Waals surface area contributed by atoms with E-state index in [-0.39, 0.29) is 5.41 Å². The Balaban J connectivity index is 0.00000144. The predicted molar refractivity (Wildman–Crippen MR) is 215 cm³/mol. The highest BCUT2D eigenvalue weighted by Gasteiger charge is 2.69. The number of hydrogen-bond donors (Lipinski definition) is 2. The fraction of sp³-hybridized carbons (Fsp3) is 0.638. The number of carboxylic acid groups (broad SMARTS) is 1. The van der Waals surface area contributed by atoms with E-state index in [0.717, 1.165) is 37.3 Å². The van der Waals surface area contributed by atoms with Crippen molar-refractivity contribution in [2.24, 2.45) is 50.7 Å². The number of rotatable bonds is 9. The van der Waals surface area contributed by atoms with E-state index in [9.17, 15) is 9.90 Å². The van der Waals surface area contributed by atoms with Crippen LogP contribution in [0.3, 0.4) is 0 Å². The second-order valence-electron chi connectivity index (χ2n) is 18.7. The maximum atomic E-state index is 11.5. The first-order valence-electron chi connectivity index (χ1n) is 20.4. The predicted octanol–water partition coefficient (Wildman–Crippen LogP) is 11.5. The summed E-state index contributed by atoms with van der Waals surface area (Å²) in [5.41, 5.74) is 5.98. The van der Waals surface area contributed by atoms with Gasteiger partial charge in [-0.15, -0.1) is 6.58 Å². The zero-order chi connectivity index (χ0) is 36.7. The van der Waals surface area contributed by atoms with Gasteiger partial charge in [-0.1, -0.05) is 83.5 Å². The average Bonchev–Trinajstić information content (AvgIpc) is 3.53. The van der Waals surface area contributed by atoms with E-state index in [2.05, 4.69) is 94.9 Å². The van der Waals surface area contributed by atoms with Crippen LogP contribution in [0.15, 0.2) is 73.3 Å². The summed E-state index contributed by atoms with van der Waals surface area (Å²) in [4.78, 5) is 13.9. The second-order valence-corrected chi connectivity index (χ2v) is 18.7. The van der Waals surface area contributed by atoms with Gasteiger partial charge in [-0.2, -0.15) is 0 Å². The summed E-state index contributed by atoms with van der Waals surface area (Å²) in [5, 5.41) is 13.5. The van der Waals surface area contributed by atoms with E-state index >= 15 is 0 Å². The summed E-state index contributed by atoms with van der Waals surface area (Å²) in [6, 6.07) is 18.5. The Morgan fingerprint density at radius 2 is 1.59 bits per heavy atom. The number of hydrogen-bond acceptors (Lipinski definition) is 3. The maximum absolute atomic E-state index is 11.5. The molecule has 0 saturated heterocycles. The monoisotopic (exact) mass is 693 g/mol. The van der Waals surface area contributed by atoms with Crippen molar-refractivity contribution < 1.29 is 9.90 Å². The van der Waals surface area contributed by atoms with Gasteiger partial charge in [0.2, 0.25) is 0 Å². The molecule has 2 aromatic carbocycles. The zero-order valence-corrected chi connectivity index (χ0v) is 33.1. The van der Waals surface area contributed by atoms with E-state index in [0.29, 0.717) is 33.1 Å². The van der Waals surface area contributed by atoms with E-state index in [1.54, 1.807) is 18.2 Å². The highest BCUT2D eigenvalue weighted by molar-refractivity contribution is 5.88. The lowest BCUT2D eigenvalue weighted by atomic mass is 9.32. The van der Waals surface area contributed by atoms with Crippen LogP contribution >= 0.6 is 0 Å². The third-order valence-corrected chi connectivity index (χ3v) is 16.1. The van der Waals surface area contributed by atoms with Crippen molar-refractivity contribution in [1.29, 1.82) is 0 Å². The molecule has 5 aliphatic carbocycles. The Kier molecular flexibility index (Phi) is 10.8. The van der Waals surface area contributed by atoms with Crippen LogP contribution < -0.4 is 10.2 Å². The molecule has 51 heavy (non-hydrogen) atoms. The molecule has 7 unspecified atom stereocenters. The number of benzene rings is 2. The molecule has 0 spiro atoms. The SMILES string of the molecule is C=CC.CN(CCCNCC12CCCC1C1CCC3C4(C)CC=C(c5ccc(C(=O)O)cc5)C(C)(C)C4CCC3(C)[C@]1(C)CC2)c1ccccc1. The topological polar surface area (TPSA) is 52.6 Å². The Hall–Kier alpha value is -2.85. The average molecular weight is 693 g/mol. The van der Waals surface area contributed by atoms with Crippen LogP contribution in [0.2, 0.25) is 0 Å². The Morgan fingerprint density at radius 3 is 2.27 bits per heavy atom. The van der Waals surface area contributed by atoms with Crippen molar-refractivity contribution >= 4 is 17.2 Å². The highest BCUT2D eigenvalue weighted by Crippen LogP contribution is 2.77. The molecule has 0 radical (unpaired) electrons. The molecule has 0 heterocycles. The number of allylic oxidation sites excluding steroid dienone is 3. The lowest BCUT2D eigenvalue weighted by Gasteiger charge is -2.72. The smallest absolute Gasteiger partial charge is 0.335 e. The van der Waals surface area contributed by atoms with Crippen molar-refractivity contribution in [2.45, 2.75) is 112 Å². The fourth-order valence-corrected chi connectivity index (χ4v) is 13.5. The summed E-state index contributed by atoms with van der Waals surface area (Å²) in [7, 11) is 2.22. The molecule has 0 amide bonds. The van der Waals surface area contributed by atoms with Crippen molar-refractivity contribution in [3.05, 3.63) is 84.5 Å². The summed E-state index contributed by atoms with van der Waals surface area (Å²) >= 11 is 0. The molecule has 5 aliphatic rings. The van der Waals surface area contributed by atoms with Gasteiger partial charge in [0.15, 0.2) is 0 Å². The lowest BCUT2D eigenvalue weighted by Crippen LogP contribution is -2.65. The largest absolute Gasteiger partial charge is 0.478 e. The van der Waals surface area contributed by atoms with Crippen molar-refractivity contribution in [1.82, 2.24) is 5.32 Å². The third kappa shape index (κ3) is 6.44. The molecule has 278 valence electrons. The van der Waals surface area contributed by atoms with Gasteiger partial charge in [0, 0.05) is 25.8 Å². The van der Waals surface area contributed by atoms with Crippen molar-refractivity contribution in [2.75, 3.05) is 31.6 Å². The Morgan fingerprint density at radius 1 is 0.882 bits per heavy atom. The van der Waals surface area contributed by atoms with Crippen LogP contribution in [-0.2, 0) is 0 Å². The number of nitrogens with one attached hydrogen (secondary N) is 1. The van der Waals surface area contributed by atoms with E-state index in [1.807, 2.05) is 19.1 Å². The molecule has 8 atom stereocenters. The van der Waals surface area contributed by atoms with Crippen LogP contribution in [0.4, 0.5) is 5.69 Å². The molecular weight excluding hydrogens is 625 g/mol. The number of anilines is 1. The molecule has 4 saturated carbocycles. The molecule has 4 heteroatoms. The fourth-order valence-electron chi connectivity index (χ4n) is 13.5. The zero-order valence-electron chi connectivity index (χ0n) is 33.1. The van der Waals surface area contributed by atoms with Gasteiger partial charge < -0.3 is 15.3 Å². The number of carboxylic acids is 1. The maximum Gasteiger partial charge on any atom is 0.335 e. The summed E-state index contributed by atoms with van der Waals surface area (Å²) in [6.07, 6.45) is 19.2. The standard InChI is InChI=1S/C44H62N2O2.C3H6/c1-40(2)34(31-15-17-32(18-16-31)39(47)48)21-24-41(3)37(40)22-25-43(5)38(41)20-19-35-36-14-10-23-44(36,27-26-42(35,43)4)30-45-28-11-29-46(6)33-12-8-7-9-13-33;1-3-2/h7-9,12-13,15-18,21,35-38,45H,10-11,14,19-20,22-30H2,1-6H3,(H,47,48);3H,1H2,2H3/t35?,36?,37?,38?,41?,42-,43?,44?;/m1./s1. The molecule has 2 aromatic rings. The van der Waals surface area contributed by atoms with Crippen LogP contribution in [0.1, 0.15) is 128 Å². The molecule has 7 rings (SSSR count). The van der Waals surface area contributed by atoms with Gasteiger partial charge in [-0.3, -0.25) is 0 Å². The summed E-state index contributed by atoms with van der Waals surface area (Å²) in [5.74, 6) is 2.28. The minimum atomic E-state index is -0.849. The van der Waals surface area contributed by atoms with Crippen LogP contribution in [-0.4, -0.2) is 37.8 Å². The second kappa shape index (κ2) is 14.5. The van der Waals surface area contributed by atoms with Gasteiger partial charge in [0.1, 0.15) is 0 Å². The highest BCUT2D eigenvalue weighted by atomic mass is 16.4. The minimum Gasteiger partial charge on any atom is -0.478 e. The summed E-state index contributed by atoms with van der Waals surface area (Å²) in [6.45, 7) is 21.8. The normalized spacial score (nSPS) is 36.2. The summed E-state index contributed by atoms with van der Waals surface area (Å²) < 4.78 is 0. The number of fused-ring (bicyclic) bond motifs is 7. The molecule has 4 nitrogen and oxygen atoms in total. The number of para-hydroxylation sites is 1. The number of carbonyl (C=O) groups is 1. The van der Waals surface area contributed by atoms with Gasteiger partial charge >= 0.3 is 5.97 Å².